The SMILES string of the molecule is COc1cc(CC2COC(=O)C2(O)Cc2ccc(OC3OC(CO)C(O)C(O)C3O)c(OC)c2)ccc1OC1OC(CO)C(O)C(O)C1O. The van der Waals surface area contributed by atoms with Gasteiger partial charge in [0.1, 0.15) is 48.8 Å². The van der Waals surface area contributed by atoms with Gasteiger partial charge in [-0.05, 0) is 41.8 Å². The maximum atomic E-state index is 12.9. The van der Waals surface area contributed by atoms with Gasteiger partial charge in [-0.2, -0.15) is 0 Å². The van der Waals surface area contributed by atoms with Crippen LogP contribution in [0.1, 0.15) is 11.1 Å². The van der Waals surface area contributed by atoms with Crippen molar-refractivity contribution in [2.75, 3.05) is 34.0 Å². The Morgan fingerprint density at radius 2 is 1.16 bits per heavy atom. The Bertz CT molecular complexity index is 1440. The van der Waals surface area contributed by atoms with E-state index in [2.05, 4.69) is 0 Å². The number of aliphatic hydroxyl groups is 9. The smallest absolute Gasteiger partial charge is 0.338 e. The average molecular weight is 699 g/mol. The van der Waals surface area contributed by atoms with E-state index in [0.29, 0.717) is 11.1 Å². The molecule has 3 heterocycles. The Hall–Kier alpha value is -3.33. The van der Waals surface area contributed by atoms with Gasteiger partial charge in [0, 0.05) is 12.3 Å². The summed E-state index contributed by atoms with van der Waals surface area (Å²) in [6.45, 7) is -1.35. The molecular formula is C32H42O17. The van der Waals surface area contributed by atoms with Crippen LogP contribution in [0.25, 0.3) is 0 Å². The van der Waals surface area contributed by atoms with Crippen molar-refractivity contribution in [1.82, 2.24) is 0 Å². The van der Waals surface area contributed by atoms with E-state index in [-0.39, 0.29) is 42.4 Å². The molecule has 0 spiro atoms. The Kier molecular flexibility index (Phi) is 11.5. The second kappa shape index (κ2) is 15.3. The molecule has 0 aromatic heterocycles. The summed E-state index contributed by atoms with van der Waals surface area (Å²) in [6, 6.07) is 9.25. The van der Waals surface area contributed by atoms with Crippen LogP contribution in [0, 0.1) is 5.92 Å². The van der Waals surface area contributed by atoms with E-state index < -0.39 is 92.1 Å². The predicted molar refractivity (Wildman–Crippen MR) is 162 cm³/mol. The maximum Gasteiger partial charge on any atom is 0.338 e. The number of ether oxygens (including phenoxy) is 7. The molecule has 2 aromatic rings. The minimum atomic E-state index is -1.95. The minimum absolute atomic E-state index is 0.0752. The Morgan fingerprint density at radius 3 is 1.63 bits per heavy atom. The summed E-state index contributed by atoms with van der Waals surface area (Å²) in [5.74, 6) is -1.01. The van der Waals surface area contributed by atoms with E-state index in [9.17, 15) is 50.8 Å². The van der Waals surface area contributed by atoms with E-state index in [0.717, 1.165) is 0 Å². The molecule has 17 heteroatoms. The minimum Gasteiger partial charge on any atom is -0.493 e. The number of hydrogen-bond donors (Lipinski definition) is 9. The average Bonchev–Trinajstić information content (AvgIpc) is 3.37. The summed E-state index contributed by atoms with van der Waals surface area (Å²) >= 11 is 0. The number of benzene rings is 2. The summed E-state index contributed by atoms with van der Waals surface area (Å²) in [5, 5.41) is 91.5. The van der Waals surface area contributed by atoms with Crippen molar-refractivity contribution in [2.45, 2.75) is 79.9 Å². The third kappa shape index (κ3) is 7.42. The van der Waals surface area contributed by atoms with Gasteiger partial charge < -0.3 is 79.1 Å². The lowest BCUT2D eigenvalue weighted by atomic mass is 9.81. The van der Waals surface area contributed by atoms with Gasteiger partial charge in [-0.25, -0.2) is 4.79 Å². The zero-order valence-electron chi connectivity index (χ0n) is 26.6. The first kappa shape index (κ1) is 36.9. The molecule has 9 N–H and O–H groups in total. The van der Waals surface area contributed by atoms with Crippen LogP contribution in [0.15, 0.2) is 36.4 Å². The third-order valence-corrected chi connectivity index (χ3v) is 9.04. The molecule has 12 atom stereocenters. The second-order valence-electron chi connectivity index (χ2n) is 12.2. The monoisotopic (exact) mass is 698 g/mol. The Labute approximate surface area is 280 Å². The van der Waals surface area contributed by atoms with Gasteiger partial charge in [0.25, 0.3) is 0 Å². The van der Waals surface area contributed by atoms with Crippen molar-refractivity contribution in [3.8, 4) is 23.0 Å². The standard InChI is InChI=1S/C32H42O17/c1-43-19-8-14(3-5-17(19)46-29-27(39)25(37)23(35)21(11-33)48-29)7-16-13-45-31(41)32(16,42)10-15-4-6-18(20(9-15)44-2)47-30-28(40)26(38)24(36)22(12-34)49-30/h3-6,8-9,16,21-30,33-40,42H,7,10-13H2,1-2H3. The van der Waals surface area contributed by atoms with Crippen LogP contribution in [0.4, 0.5) is 0 Å². The number of rotatable bonds is 12. The highest BCUT2D eigenvalue weighted by Crippen LogP contribution is 2.39. The predicted octanol–water partition coefficient (Wildman–Crippen LogP) is -3.25. The van der Waals surface area contributed by atoms with E-state index in [1.807, 2.05) is 0 Å². The number of carbonyl (C=O) groups is 1. The zero-order valence-corrected chi connectivity index (χ0v) is 26.6. The van der Waals surface area contributed by atoms with E-state index in [1.54, 1.807) is 18.2 Å². The number of cyclic esters (lactones) is 1. The van der Waals surface area contributed by atoms with E-state index in [1.165, 1.54) is 32.4 Å². The number of hydrogen-bond acceptors (Lipinski definition) is 17. The van der Waals surface area contributed by atoms with Crippen molar-refractivity contribution >= 4 is 5.97 Å². The maximum absolute atomic E-state index is 12.9. The highest BCUT2D eigenvalue weighted by molar-refractivity contribution is 5.82. The van der Waals surface area contributed by atoms with Crippen molar-refractivity contribution in [3.63, 3.8) is 0 Å². The van der Waals surface area contributed by atoms with Crippen molar-refractivity contribution in [1.29, 1.82) is 0 Å². The van der Waals surface area contributed by atoms with Gasteiger partial charge in [-0.15, -0.1) is 0 Å². The number of methoxy groups -OCH3 is 2. The van der Waals surface area contributed by atoms with Crippen molar-refractivity contribution in [3.05, 3.63) is 47.5 Å². The van der Waals surface area contributed by atoms with Gasteiger partial charge in [0.15, 0.2) is 28.6 Å². The second-order valence-corrected chi connectivity index (χ2v) is 12.2. The van der Waals surface area contributed by atoms with E-state index >= 15 is 0 Å². The van der Waals surface area contributed by atoms with Crippen LogP contribution >= 0.6 is 0 Å². The normalized spacial score (nSPS) is 36.2. The highest BCUT2D eigenvalue weighted by Gasteiger charge is 2.51. The molecule has 0 radical (unpaired) electrons. The first-order chi connectivity index (χ1) is 23.3. The molecule has 3 aliphatic heterocycles. The summed E-state index contributed by atoms with van der Waals surface area (Å²) in [5.41, 5.74) is -0.866. The molecule has 49 heavy (non-hydrogen) atoms. The van der Waals surface area contributed by atoms with Crippen LogP contribution in [0.5, 0.6) is 23.0 Å². The lowest BCUT2D eigenvalue weighted by Gasteiger charge is -2.39. The lowest BCUT2D eigenvalue weighted by molar-refractivity contribution is -0.277. The molecule has 3 aliphatic rings. The first-order valence-corrected chi connectivity index (χ1v) is 15.5. The molecular weight excluding hydrogens is 656 g/mol. The molecule has 272 valence electrons. The molecule has 0 amide bonds. The lowest BCUT2D eigenvalue weighted by Crippen LogP contribution is -2.60. The van der Waals surface area contributed by atoms with Gasteiger partial charge in [-0.3, -0.25) is 0 Å². The highest BCUT2D eigenvalue weighted by atomic mass is 16.7. The number of aliphatic hydroxyl groups excluding tert-OH is 8. The third-order valence-electron chi connectivity index (χ3n) is 9.04. The fraction of sp³-hybridized carbons (Fsp3) is 0.594. The van der Waals surface area contributed by atoms with Gasteiger partial charge in [0.05, 0.1) is 34.0 Å². The van der Waals surface area contributed by atoms with Gasteiger partial charge >= 0.3 is 5.97 Å². The summed E-state index contributed by atoms with van der Waals surface area (Å²) in [4.78, 5) is 12.9. The first-order valence-electron chi connectivity index (χ1n) is 15.5. The summed E-state index contributed by atoms with van der Waals surface area (Å²) in [7, 11) is 2.72. The fourth-order valence-corrected chi connectivity index (χ4v) is 6.08. The molecule has 3 fully saturated rings. The van der Waals surface area contributed by atoms with Crippen molar-refractivity contribution < 1.29 is 83.9 Å². The quantitative estimate of drug-likeness (QED) is 0.0986. The topological polar surface area (TPSA) is 264 Å². The Morgan fingerprint density at radius 1 is 0.694 bits per heavy atom. The number of esters is 1. The molecule has 12 unspecified atom stereocenters. The molecule has 2 aromatic carbocycles. The van der Waals surface area contributed by atoms with E-state index in [4.69, 9.17) is 33.2 Å². The molecule has 3 saturated heterocycles. The van der Waals surface area contributed by atoms with Crippen LogP contribution in [-0.4, -0.2) is 153 Å². The Balaban J connectivity index is 1.29. The largest absolute Gasteiger partial charge is 0.493 e. The van der Waals surface area contributed by atoms with Gasteiger partial charge in [0.2, 0.25) is 12.6 Å². The van der Waals surface area contributed by atoms with Crippen LogP contribution in [-0.2, 0) is 31.8 Å². The molecule has 0 saturated carbocycles. The molecule has 0 aliphatic carbocycles. The van der Waals surface area contributed by atoms with Crippen LogP contribution in [0.3, 0.4) is 0 Å². The van der Waals surface area contributed by atoms with Gasteiger partial charge in [-0.1, -0.05) is 12.1 Å². The molecule has 17 nitrogen and oxygen atoms in total. The zero-order chi connectivity index (χ0) is 35.6. The molecule has 0 bridgehead atoms. The van der Waals surface area contributed by atoms with Crippen molar-refractivity contribution in [2.24, 2.45) is 5.92 Å². The summed E-state index contributed by atoms with van der Waals surface area (Å²) in [6.07, 6.45) is -14.9. The van der Waals surface area contributed by atoms with Crippen LogP contribution in [0.2, 0.25) is 0 Å². The number of carbonyl (C=O) groups excluding carboxylic acids is 1. The summed E-state index contributed by atoms with van der Waals surface area (Å²) < 4.78 is 38.4. The fourth-order valence-electron chi connectivity index (χ4n) is 6.08. The molecule has 5 rings (SSSR count). The van der Waals surface area contributed by atoms with Crippen LogP contribution < -0.4 is 18.9 Å².